The second-order valence-electron chi connectivity index (χ2n) is 5.07. The normalized spacial score (nSPS) is 10.8. The molecule has 0 fully saturated rings. The van der Waals surface area contributed by atoms with Crippen molar-refractivity contribution in [1.82, 2.24) is 15.3 Å². The lowest BCUT2D eigenvalue weighted by atomic mass is 10.1. The van der Waals surface area contributed by atoms with E-state index in [1.807, 2.05) is 24.3 Å². The predicted molar refractivity (Wildman–Crippen MR) is 89.9 cm³/mol. The molecule has 0 radical (unpaired) electrons. The minimum Gasteiger partial charge on any atom is -0.355 e. The van der Waals surface area contributed by atoms with E-state index in [0.29, 0.717) is 18.7 Å². The maximum Gasteiger partial charge on any atom is 0.230 e. The summed E-state index contributed by atoms with van der Waals surface area (Å²) in [5, 5.41) is 3.59. The highest BCUT2D eigenvalue weighted by molar-refractivity contribution is 7.99. The first-order valence-electron chi connectivity index (χ1n) is 7.29. The number of rotatable bonds is 6. The molecule has 6 heteroatoms. The van der Waals surface area contributed by atoms with Crippen molar-refractivity contribution in [2.24, 2.45) is 0 Å². The molecule has 2 N–H and O–H groups in total. The van der Waals surface area contributed by atoms with Gasteiger partial charge < -0.3 is 10.3 Å². The van der Waals surface area contributed by atoms with Gasteiger partial charge in [-0.3, -0.25) is 4.79 Å². The van der Waals surface area contributed by atoms with E-state index in [4.69, 9.17) is 0 Å². The summed E-state index contributed by atoms with van der Waals surface area (Å²) in [4.78, 5) is 19.4. The number of hydrogen-bond donors (Lipinski definition) is 2. The number of fused-ring (bicyclic) bond motifs is 1. The molecule has 2 aromatic carbocycles. The molecule has 0 aliphatic rings. The Morgan fingerprint density at radius 1 is 1.17 bits per heavy atom. The fourth-order valence-corrected chi connectivity index (χ4v) is 2.89. The molecule has 0 unspecified atom stereocenters. The van der Waals surface area contributed by atoms with E-state index in [-0.39, 0.29) is 11.7 Å². The van der Waals surface area contributed by atoms with Crippen molar-refractivity contribution in [3.05, 3.63) is 59.9 Å². The molecule has 3 aromatic rings. The van der Waals surface area contributed by atoms with Gasteiger partial charge in [-0.25, -0.2) is 9.37 Å². The highest BCUT2D eigenvalue weighted by Gasteiger charge is 2.06. The van der Waals surface area contributed by atoms with Gasteiger partial charge in [-0.1, -0.05) is 36.0 Å². The quantitative estimate of drug-likeness (QED) is 0.683. The number of aromatic amines is 1. The van der Waals surface area contributed by atoms with Gasteiger partial charge in [-0.15, -0.1) is 0 Å². The molecule has 118 valence electrons. The van der Waals surface area contributed by atoms with E-state index < -0.39 is 0 Å². The lowest BCUT2D eigenvalue weighted by Crippen LogP contribution is -2.27. The van der Waals surface area contributed by atoms with Gasteiger partial charge in [-0.2, -0.15) is 0 Å². The monoisotopic (exact) mass is 329 g/mol. The number of halogens is 1. The molecule has 0 bridgehead atoms. The van der Waals surface area contributed by atoms with Gasteiger partial charge in [0.05, 0.1) is 16.8 Å². The molecule has 3 rings (SSSR count). The van der Waals surface area contributed by atoms with Crippen molar-refractivity contribution < 1.29 is 9.18 Å². The smallest absolute Gasteiger partial charge is 0.230 e. The second kappa shape index (κ2) is 7.28. The summed E-state index contributed by atoms with van der Waals surface area (Å²) in [5.74, 6) is 0.0149. The third-order valence-corrected chi connectivity index (χ3v) is 4.23. The van der Waals surface area contributed by atoms with E-state index in [9.17, 15) is 9.18 Å². The molecule has 1 heterocycles. The lowest BCUT2D eigenvalue weighted by Gasteiger charge is -2.04. The van der Waals surface area contributed by atoms with Crippen LogP contribution in [0.4, 0.5) is 4.39 Å². The molecule has 1 aromatic heterocycles. The first-order chi connectivity index (χ1) is 11.2. The summed E-state index contributed by atoms with van der Waals surface area (Å²) in [6.45, 7) is 0.533. The first kappa shape index (κ1) is 15.6. The van der Waals surface area contributed by atoms with Crippen LogP contribution >= 0.6 is 11.8 Å². The van der Waals surface area contributed by atoms with Crippen LogP contribution in [-0.4, -0.2) is 28.2 Å². The summed E-state index contributed by atoms with van der Waals surface area (Å²) in [5.41, 5.74) is 2.86. The van der Waals surface area contributed by atoms with Crippen LogP contribution in [0.15, 0.2) is 53.7 Å². The fraction of sp³-hybridized carbons (Fsp3) is 0.176. The Kier molecular flexibility index (Phi) is 4.92. The standard InChI is InChI=1S/C17H16FN3OS/c18-13-7-5-12(6-8-13)9-10-19-16(22)11-23-17-20-14-3-1-2-4-15(14)21-17/h1-8H,9-11H2,(H,19,22)(H,20,21). The number of para-hydroxylation sites is 2. The summed E-state index contributed by atoms with van der Waals surface area (Å²) in [6.07, 6.45) is 0.682. The second-order valence-corrected chi connectivity index (χ2v) is 6.04. The lowest BCUT2D eigenvalue weighted by molar-refractivity contribution is -0.118. The number of nitrogens with one attached hydrogen (secondary N) is 2. The minimum absolute atomic E-state index is 0.0439. The highest BCUT2D eigenvalue weighted by Crippen LogP contribution is 2.18. The minimum atomic E-state index is -0.250. The van der Waals surface area contributed by atoms with E-state index >= 15 is 0 Å². The van der Waals surface area contributed by atoms with Gasteiger partial charge in [0.1, 0.15) is 5.82 Å². The summed E-state index contributed by atoms with van der Waals surface area (Å²) < 4.78 is 12.8. The molecular weight excluding hydrogens is 313 g/mol. The van der Waals surface area contributed by atoms with E-state index in [2.05, 4.69) is 15.3 Å². The SMILES string of the molecule is O=C(CSc1nc2ccccc2[nH]1)NCCc1ccc(F)cc1. The van der Waals surface area contributed by atoms with Gasteiger partial charge in [0.25, 0.3) is 0 Å². The summed E-state index contributed by atoms with van der Waals surface area (Å²) in [6, 6.07) is 14.1. The number of carbonyl (C=O) groups excluding carboxylic acids is 1. The number of H-pyrrole nitrogens is 1. The topological polar surface area (TPSA) is 57.8 Å². The van der Waals surface area contributed by atoms with Crippen LogP contribution in [-0.2, 0) is 11.2 Å². The van der Waals surface area contributed by atoms with Gasteiger partial charge >= 0.3 is 0 Å². The van der Waals surface area contributed by atoms with Gasteiger partial charge in [-0.05, 0) is 36.2 Å². The van der Waals surface area contributed by atoms with Crippen LogP contribution < -0.4 is 5.32 Å². The Morgan fingerprint density at radius 2 is 1.96 bits per heavy atom. The molecule has 1 amide bonds. The largest absolute Gasteiger partial charge is 0.355 e. The van der Waals surface area contributed by atoms with Crippen molar-refractivity contribution in [3.8, 4) is 0 Å². The Bertz CT molecular complexity index is 768. The molecule has 0 saturated heterocycles. The summed E-state index contributed by atoms with van der Waals surface area (Å²) in [7, 11) is 0. The Morgan fingerprint density at radius 3 is 2.74 bits per heavy atom. The predicted octanol–water partition coefficient (Wildman–Crippen LogP) is 3.15. The number of amides is 1. The fourth-order valence-electron chi connectivity index (χ4n) is 2.18. The van der Waals surface area contributed by atoms with Crippen LogP contribution in [0.2, 0.25) is 0 Å². The van der Waals surface area contributed by atoms with Crippen molar-refractivity contribution in [2.75, 3.05) is 12.3 Å². The molecule has 0 aliphatic heterocycles. The Labute approximate surface area is 137 Å². The number of carbonyl (C=O) groups is 1. The Balaban J connectivity index is 1.43. The summed E-state index contributed by atoms with van der Waals surface area (Å²) >= 11 is 1.37. The van der Waals surface area contributed by atoms with Crippen LogP contribution in [0.1, 0.15) is 5.56 Å². The third kappa shape index (κ3) is 4.32. The van der Waals surface area contributed by atoms with Crippen molar-refractivity contribution in [3.63, 3.8) is 0 Å². The maximum absolute atomic E-state index is 12.8. The number of nitrogens with zero attached hydrogens (tertiary/aromatic N) is 1. The van der Waals surface area contributed by atoms with E-state index in [1.165, 1.54) is 23.9 Å². The molecule has 0 atom stereocenters. The van der Waals surface area contributed by atoms with Crippen molar-refractivity contribution >= 4 is 28.7 Å². The van der Waals surface area contributed by atoms with Gasteiger partial charge in [0, 0.05) is 6.54 Å². The number of aromatic nitrogens is 2. The van der Waals surface area contributed by atoms with Gasteiger partial charge in [0.2, 0.25) is 5.91 Å². The van der Waals surface area contributed by atoms with Crippen LogP contribution in [0.25, 0.3) is 11.0 Å². The number of benzene rings is 2. The zero-order valence-corrected chi connectivity index (χ0v) is 13.2. The molecule has 0 spiro atoms. The average molecular weight is 329 g/mol. The van der Waals surface area contributed by atoms with E-state index in [0.717, 1.165) is 21.8 Å². The van der Waals surface area contributed by atoms with Gasteiger partial charge in [0.15, 0.2) is 5.16 Å². The molecule has 0 saturated carbocycles. The Hall–Kier alpha value is -2.34. The zero-order valence-electron chi connectivity index (χ0n) is 12.4. The average Bonchev–Trinajstić information content (AvgIpc) is 2.98. The van der Waals surface area contributed by atoms with Crippen LogP contribution in [0.3, 0.4) is 0 Å². The number of imidazole rings is 1. The van der Waals surface area contributed by atoms with Crippen molar-refractivity contribution in [2.45, 2.75) is 11.6 Å². The zero-order chi connectivity index (χ0) is 16.1. The molecule has 4 nitrogen and oxygen atoms in total. The number of thioether (sulfide) groups is 1. The third-order valence-electron chi connectivity index (χ3n) is 3.36. The van der Waals surface area contributed by atoms with Crippen LogP contribution in [0.5, 0.6) is 0 Å². The van der Waals surface area contributed by atoms with Crippen molar-refractivity contribution in [1.29, 1.82) is 0 Å². The molecule has 0 aliphatic carbocycles. The highest BCUT2D eigenvalue weighted by atomic mass is 32.2. The molecular formula is C17H16FN3OS. The first-order valence-corrected chi connectivity index (χ1v) is 8.28. The van der Waals surface area contributed by atoms with Crippen LogP contribution in [0, 0.1) is 5.82 Å². The maximum atomic E-state index is 12.8. The molecule has 23 heavy (non-hydrogen) atoms. The number of hydrogen-bond acceptors (Lipinski definition) is 3. The van der Waals surface area contributed by atoms with E-state index in [1.54, 1.807) is 12.1 Å².